The second-order valence-corrected chi connectivity index (χ2v) is 8.97. The Balaban J connectivity index is 1.68. The molecule has 1 saturated heterocycles. The van der Waals surface area contributed by atoms with Gasteiger partial charge in [-0.2, -0.15) is 0 Å². The van der Waals surface area contributed by atoms with Crippen molar-refractivity contribution in [2.45, 2.75) is 45.6 Å². The maximum absolute atomic E-state index is 13.0. The molecule has 2 heterocycles. The zero-order valence-corrected chi connectivity index (χ0v) is 15.3. The van der Waals surface area contributed by atoms with Gasteiger partial charge in [0.05, 0.1) is 5.75 Å². The first-order valence-electron chi connectivity index (χ1n) is 8.83. The molecule has 0 spiro atoms. The number of sulfonamides is 1. The summed E-state index contributed by atoms with van der Waals surface area (Å²) in [4.78, 5) is 14.9. The van der Waals surface area contributed by atoms with E-state index in [0.29, 0.717) is 32.4 Å². The van der Waals surface area contributed by atoms with E-state index in [9.17, 15) is 13.2 Å². The minimum atomic E-state index is -3.15. The predicted molar refractivity (Wildman–Crippen MR) is 95.5 cm³/mol. The van der Waals surface area contributed by atoms with Gasteiger partial charge in [0.1, 0.15) is 0 Å². The lowest BCUT2D eigenvalue weighted by molar-refractivity contribution is -0.123. The van der Waals surface area contributed by atoms with Crippen molar-refractivity contribution in [1.29, 1.82) is 0 Å². The second-order valence-electron chi connectivity index (χ2n) is 6.88. The normalized spacial score (nSPS) is 22.6. The third-order valence-corrected chi connectivity index (χ3v) is 7.18. The van der Waals surface area contributed by atoms with E-state index in [4.69, 9.17) is 0 Å². The van der Waals surface area contributed by atoms with E-state index in [-0.39, 0.29) is 23.6 Å². The average molecular weight is 350 g/mol. The molecule has 0 aromatic heterocycles. The van der Waals surface area contributed by atoms with Crippen LogP contribution in [-0.2, 0) is 21.2 Å². The van der Waals surface area contributed by atoms with Gasteiger partial charge in [-0.05, 0) is 44.2 Å². The van der Waals surface area contributed by atoms with Gasteiger partial charge >= 0.3 is 0 Å². The maximum atomic E-state index is 13.0. The highest BCUT2D eigenvalue weighted by atomic mass is 32.2. The first-order valence-corrected chi connectivity index (χ1v) is 10.4. The monoisotopic (exact) mass is 350 g/mol. The molecule has 3 rings (SSSR count). The van der Waals surface area contributed by atoms with E-state index in [1.165, 1.54) is 5.56 Å². The van der Waals surface area contributed by atoms with Crippen LogP contribution in [0.15, 0.2) is 24.3 Å². The number of fused-ring (bicyclic) bond motifs is 1. The number of rotatable bonds is 4. The fourth-order valence-corrected chi connectivity index (χ4v) is 5.41. The molecule has 5 nitrogen and oxygen atoms in total. The number of hydrogen-bond acceptors (Lipinski definition) is 3. The zero-order chi connectivity index (χ0) is 17.3. The third kappa shape index (κ3) is 3.22. The van der Waals surface area contributed by atoms with Gasteiger partial charge in [0.25, 0.3) is 0 Å². The molecule has 1 atom stereocenters. The fourth-order valence-electron chi connectivity index (χ4n) is 3.87. The summed E-state index contributed by atoms with van der Waals surface area (Å²) in [5, 5.41) is 0. The standard InChI is InChI=1S/C18H26N2O3S/c1-3-12-24(22,23)19-10-8-15(9-11-19)18(21)20-14(2)13-16-6-4-5-7-17(16)20/h4-7,14-15H,3,8-13H2,1-2H3. The van der Waals surface area contributed by atoms with Crippen LogP contribution in [0, 0.1) is 5.92 Å². The van der Waals surface area contributed by atoms with Crippen molar-refractivity contribution in [2.75, 3.05) is 23.7 Å². The van der Waals surface area contributed by atoms with Crippen LogP contribution in [0.2, 0.25) is 0 Å². The minimum absolute atomic E-state index is 0.0771. The highest BCUT2D eigenvalue weighted by Crippen LogP contribution is 2.34. The molecule has 2 aliphatic rings. The van der Waals surface area contributed by atoms with Gasteiger partial charge in [-0.3, -0.25) is 4.79 Å². The highest BCUT2D eigenvalue weighted by Gasteiger charge is 2.37. The molecule has 0 bridgehead atoms. The fraction of sp³-hybridized carbons (Fsp3) is 0.611. The topological polar surface area (TPSA) is 57.7 Å². The zero-order valence-electron chi connectivity index (χ0n) is 14.4. The molecule has 0 radical (unpaired) electrons. The summed E-state index contributed by atoms with van der Waals surface area (Å²) in [5.41, 5.74) is 2.25. The van der Waals surface area contributed by atoms with Crippen LogP contribution in [0.1, 0.15) is 38.7 Å². The Morgan fingerprint density at radius 1 is 1.21 bits per heavy atom. The maximum Gasteiger partial charge on any atom is 0.230 e. The molecular weight excluding hydrogens is 324 g/mol. The van der Waals surface area contributed by atoms with Crippen LogP contribution in [0.5, 0.6) is 0 Å². The molecular formula is C18H26N2O3S. The molecule has 0 aliphatic carbocycles. The van der Waals surface area contributed by atoms with Gasteiger partial charge in [0.2, 0.25) is 15.9 Å². The lowest BCUT2D eigenvalue weighted by atomic mass is 9.96. The number of piperidine rings is 1. The lowest BCUT2D eigenvalue weighted by Crippen LogP contribution is -2.46. The molecule has 6 heteroatoms. The Kier molecular flexibility index (Phi) is 4.97. The van der Waals surface area contributed by atoms with Crippen molar-refractivity contribution in [2.24, 2.45) is 5.92 Å². The Morgan fingerprint density at radius 2 is 1.88 bits per heavy atom. The number of carbonyl (C=O) groups is 1. The Hall–Kier alpha value is -1.40. The van der Waals surface area contributed by atoms with E-state index in [1.807, 2.05) is 30.0 Å². The number of anilines is 1. The van der Waals surface area contributed by atoms with Gasteiger partial charge in [-0.1, -0.05) is 25.1 Å². The SMILES string of the molecule is CCCS(=O)(=O)N1CCC(C(=O)N2c3ccccc3CC2C)CC1. The molecule has 132 valence electrons. The van der Waals surface area contributed by atoms with Gasteiger partial charge in [0, 0.05) is 30.7 Å². The number of para-hydroxylation sites is 1. The summed E-state index contributed by atoms with van der Waals surface area (Å²) in [5.74, 6) is 0.272. The first kappa shape index (κ1) is 17.4. The van der Waals surface area contributed by atoms with Crippen LogP contribution in [0.4, 0.5) is 5.69 Å². The molecule has 0 N–H and O–H groups in total. The smallest absolute Gasteiger partial charge is 0.230 e. The largest absolute Gasteiger partial charge is 0.309 e. The van der Waals surface area contributed by atoms with Gasteiger partial charge in [-0.15, -0.1) is 0 Å². The van der Waals surface area contributed by atoms with Crippen molar-refractivity contribution in [1.82, 2.24) is 4.31 Å². The molecule has 1 aromatic carbocycles. The summed E-state index contributed by atoms with van der Waals surface area (Å²) >= 11 is 0. The predicted octanol–water partition coefficient (Wildman–Crippen LogP) is 2.42. The lowest BCUT2D eigenvalue weighted by Gasteiger charge is -2.34. The number of hydrogen-bond donors (Lipinski definition) is 0. The first-order chi connectivity index (χ1) is 11.4. The summed E-state index contributed by atoms with van der Waals surface area (Å²) in [6, 6.07) is 8.25. The average Bonchev–Trinajstić information content (AvgIpc) is 2.90. The summed E-state index contributed by atoms with van der Waals surface area (Å²) in [7, 11) is -3.15. The second kappa shape index (κ2) is 6.84. The summed E-state index contributed by atoms with van der Waals surface area (Å²) < 4.78 is 25.9. The Labute approximate surface area is 144 Å². The van der Waals surface area contributed by atoms with E-state index >= 15 is 0 Å². The summed E-state index contributed by atoms with van der Waals surface area (Å²) in [6.07, 6.45) is 2.76. The molecule has 0 saturated carbocycles. The van der Waals surface area contributed by atoms with Crippen LogP contribution in [0.3, 0.4) is 0 Å². The molecule has 1 unspecified atom stereocenters. The van der Waals surface area contributed by atoms with Crippen molar-refractivity contribution < 1.29 is 13.2 Å². The molecule has 2 aliphatic heterocycles. The van der Waals surface area contributed by atoms with Crippen molar-refractivity contribution in [3.8, 4) is 0 Å². The number of nitrogens with zero attached hydrogens (tertiary/aromatic N) is 2. The number of amides is 1. The van der Waals surface area contributed by atoms with E-state index in [1.54, 1.807) is 4.31 Å². The van der Waals surface area contributed by atoms with Crippen molar-refractivity contribution in [3.63, 3.8) is 0 Å². The number of benzene rings is 1. The van der Waals surface area contributed by atoms with Crippen LogP contribution in [0.25, 0.3) is 0 Å². The van der Waals surface area contributed by atoms with Gasteiger partial charge in [0.15, 0.2) is 0 Å². The molecule has 24 heavy (non-hydrogen) atoms. The Morgan fingerprint density at radius 3 is 2.54 bits per heavy atom. The van der Waals surface area contributed by atoms with Gasteiger partial charge < -0.3 is 4.90 Å². The van der Waals surface area contributed by atoms with Crippen molar-refractivity contribution in [3.05, 3.63) is 29.8 Å². The van der Waals surface area contributed by atoms with Crippen LogP contribution >= 0.6 is 0 Å². The minimum Gasteiger partial charge on any atom is -0.309 e. The van der Waals surface area contributed by atoms with Crippen LogP contribution in [-0.4, -0.2) is 43.5 Å². The Bertz CT molecular complexity index is 709. The quantitative estimate of drug-likeness (QED) is 0.838. The highest BCUT2D eigenvalue weighted by molar-refractivity contribution is 7.89. The molecule has 1 aromatic rings. The van der Waals surface area contributed by atoms with E-state index in [2.05, 4.69) is 13.0 Å². The van der Waals surface area contributed by atoms with Crippen LogP contribution < -0.4 is 4.90 Å². The number of carbonyl (C=O) groups excluding carboxylic acids is 1. The molecule has 1 fully saturated rings. The van der Waals surface area contributed by atoms with Gasteiger partial charge in [-0.25, -0.2) is 12.7 Å². The van der Waals surface area contributed by atoms with E-state index in [0.717, 1.165) is 12.1 Å². The third-order valence-electron chi connectivity index (χ3n) is 5.10. The summed E-state index contributed by atoms with van der Waals surface area (Å²) in [6.45, 7) is 4.88. The van der Waals surface area contributed by atoms with E-state index < -0.39 is 10.0 Å². The molecule has 1 amide bonds. The van der Waals surface area contributed by atoms with Crippen molar-refractivity contribution >= 4 is 21.6 Å².